The first kappa shape index (κ1) is 13.5. The first-order valence-electron chi connectivity index (χ1n) is 7.83. The molecule has 0 bridgehead atoms. The molecule has 114 valence electrons. The topological polar surface area (TPSA) is 49.9 Å². The molecule has 1 saturated carbocycles. The Bertz CT molecular complexity index is 690. The van der Waals surface area contributed by atoms with Crippen LogP contribution in [-0.2, 0) is 18.4 Å². The Morgan fingerprint density at radius 3 is 2.82 bits per heavy atom. The van der Waals surface area contributed by atoms with Gasteiger partial charge >= 0.3 is 0 Å². The highest BCUT2D eigenvalue weighted by atomic mass is 16.2. The van der Waals surface area contributed by atoms with Gasteiger partial charge < -0.3 is 5.32 Å². The maximum atomic E-state index is 12.3. The maximum absolute atomic E-state index is 12.3. The number of amides is 1. The van der Waals surface area contributed by atoms with Crippen LogP contribution in [0.4, 0.5) is 5.82 Å². The van der Waals surface area contributed by atoms with Crippen molar-refractivity contribution in [1.29, 1.82) is 0 Å². The van der Waals surface area contributed by atoms with Crippen molar-refractivity contribution in [1.82, 2.24) is 14.7 Å². The molecular weight excluding hydrogens is 276 g/mol. The average molecular weight is 296 g/mol. The summed E-state index contributed by atoms with van der Waals surface area (Å²) >= 11 is 0. The molecule has 0 radical (unpaired) electrons. The molecule has 5 nitrogen and oxygen atoms in total. The van der Waals surface area contributed by atoms with Gasteiger partial charge in [0.25, 0.3) is 0 Å². The summed E-state index contributed by atoms with van der Waals surface area (Å²) in [6.45, 7) is 1.66. The van der Waals surface area contributed by atoms with Crippen molar-refractivity contribution in [2.24, 2.45) is 7.05 Å². The van der Waals surface area contributed by atoms with Gasteiger partial charge in [0.15, 0.2) is 0 Å². The summed E-state index contributed by atoms with van der Waals surface area (Å²) < 4.78 is 1.77. The lowest BCUT2D eigenvalue weighted by Gasteiger charge is -2.06. The van der Waals surface area contributed by atoms with E-state index in [4.69, 9.17) is 0 Å². The standard InChI is InChI=1S/C17H20N4O/c1-20-16(9-14(19-20)13-7-8-13)18-17(22)15-11-21(15)10-12-5-3-2-4-6-12/h2-6,9,13,15H,7-8,10-11H2,1H3,(H,18,22). The smallest absolute Gasteiger partial charge is 0.244 e. The van der Waals surface area contributed by atoms with E-state index in [2.05, 4.69) is 27.4 Å². The summed E-state index contributed by atoms with van der Waals surface area (Å²) in [7, 11) is 1.89. The Balaban J connectivity index is 1.35. The summed E-state index contributed by atoms with van der Waals surface area (Å²) in [5.74, 6) is 1.48. The third-order valence-electron chi connectivity index (χ3n) is 4.39. The van der Waals surface area contributed by atoms with Crippen molar-refractivity contribution in [3.05, 3.63) is 47.7 Å². The number of hydrogen-bond acceptors (Lipinski definition) is 3. The van der Waals surface area contributed by atoms with Crippen LogP contribution in [0.1, 0.15) is 30.0 Å². The molecule has 22 heavy (non-hydrogen) atoms. The number of aryl methyl sites for hydroxylation is 1. The molecule has 1 aliphatic heterocycles. The third-order valence-corrected chi connectivity index (χ3v) is 4.39. The summed E-state index contributed by atoms with van der Waals surface area (Å²) in [5.41, 5.74) is 2.35. The van der Waals surface area contributed by atoms with Gasteiger partial charge in [-0.2, -0.15) is 5.10 Å². The van der Waals surface area contributed by atoms with Crippen molar-refractivity contribution in [2.75, 3.05) is 11.9 Å². The fourth-order valence-corrected chi connectivity index (χ4v) is 2.81. The Morgan fingerprint density at radius 1 is 1.32 bits per heavy atom. The van der Waals surface area contributed by atoms with Crippen molar-refractivity contribution >= 4 is 11.7 Å². The van der Waals surface area contributed by atoms with Crippen LogP contribution >= 0.6 is 0 Å². The molecule has 1 aliphatic carbocycles. The van der Waals surface area contributed by atoms with E-state index in [1.54, 1.807) is 4.68 Å². The van der Waals surface area contributed by atoms with Crippen LogP contribution in [0, 0.1) is 0 Å². The van der Waals surface area contributed by atoms with Crippen molar-refractivity contribution in [3.8, 4) is 0 Å². The molecule has 2 aliphatic rings. The predicted octanol–water partition coefficient (Wildman–Crippen LogP) is 2.12. The van der Waals surface area contributed by atoms with Gasteiger partial charge in [-0.3, -0.25) is 14.4 Å². The van der Waals surface area contributed by atoms with Gasteiger partial charge in [0.05, 0.1) is 5.69 Å². The van der Waals surface area contributed by atoms with Crippen molar-refractivity contribution in [2.45, 2.75) is 31.3 Å². The van der Waals surface area contributed by atoms with E-state index in [0.29, 0.717) is 5.92 Å². The van der Waals surface area contributed by atoms with Gasteiger partial charge in [-0.15, -0.1) is 0 Å². The highest BCUT2D eigenvalue weighted by Gasteiger charge is 2.40. The number of carbonyl (C=O) groups is 1. The first-order chi connectivity index (χ1) is 10.7. The average Bonchev–Trinajstić information content (AvgIpc) is 3.42. The van der Waals surface area contributed by atoms with E-state index in [-0.39, 0.29) is 11.9 Å². The molecular formula is C17H20N4O. The lowest BCUT2D eigenvalue weighted by molar-refractivity contribution is -0.116. The summed E-state index contributed by atoms with van der Waals surface area (Å²) in [6, 6.07) is 12.3. The van der Waals surface area contributed by atoms with Gasteiger partial charge in [0, 0.05) is 32.1 Å². The van der Waals surface area contributed by atoms with Crippen LogP contribution in [0.3, 0.4) is 0 Å². The van der Waals surface area contributed by atoms with E-state index in [1.165, 1.54) is 18.4 Å². The van der Waals surface area contributed by atoms with E-state index in [0.717, 1.165) is 24.6 Å². The zero-order valence-corrected chi connectivity index (χ0v) is 12.7. The number of anilines is 1. The Hall–Kier alpha value is -2.14. The van der Waals surface area contributed by atoms with E-state index < -0.39 is 0 Å². The summed E-state index contributed by atoms with van der Waals surface area (Å²) in [5, 5.41) is 7.49. The number of carbonyl (C=O) groups excluding carboxylic acids is 1. The predicted molar refractivity (Wildman–Crippen MR) is 84.5 cm³/mol. The van der Waals surface area contributed by atoms with Gasteiger partial charge in [-0.05, 0) is 18.4 Å². The second-order valence-corrected chi connectivity index (χ2v) is 6.27. The van der Waals surface area contributed by atoms with Gasteiger partial charge in [-0.25, -0.2) is 0 Å². The molecule has 1 saturated heterocycles. The zero-order valence-electron chi connectivity index (χ0n) is 12.7. The van der Waals surface area contributed by atoms with E-state index in [9.17, 15) is 4.79 Å². The molecule has 1 aromatic carbocycles. The van der Waals surface area contributed by atoms with Gasteiger partial charge in [0.1, 0.15) is 11.9 Å². The van der Waals surface area contributed by atoms with E-state index >= 15 is 0 Å². The second-order valence-electron chi connectivity index (χ2n) is 6.27. The SMILES string of the molecule is Cn1nc(C2CC2)cc1NC(=O)C1CN1Cc1ccccc1. The third kappa shape index (κ3) is 2.76. The number of aromatic nitrogens is 2. The fourth-order valence-electron chi connectivity index (χ4n) is 2.81. The van der Waals surface area contributed by atoms with Crippen molar-refractivity contribution < 1.29 is 4.79 Å². The maximum Gasteiger partial charge on any atom is 0.244 e. The van der Waals surface area contributed by atoms with Crippen LogP contribution in [-0.4, -0.2) is 33.2 Å². The molecule has 5 heteroatoms. The highest BCUT2D eigenvalue weighted by molar-refractivity contribution is 5.96. The Morgan fingerprint density at radius 2 is 2.09 bits per heavy atom. The van der Waals surface area contributed by atoms with Crippen LogP contribution < -0.4 is 5.32 Å². The minimum absolute atomic E-state index is 0.0144. The summed E-state index contributed by atoms with van der Waals surface area (Å²) in [6.07, 6.45) is 2.44. The quantitative estimate of drug-likeness (QED) is 0.860. The zero-order chi connectivity index (χ0) is 15.1. The molecule has 1 N–H and O–H groups in total. The second kappa shape index (κ2) is 5.25. The number of rotatable bonds is 5. The largest absolute Gasteiger partial charge is 0.309 e. The number of nitrogens with zero attached hydrogens (tertiary/aromatic N) is 3. The molecule has 2 fully saturated rings. The monoisotopic (exact) mass is 296 g/mol. The van der Waals surface area contributed by atoms with Gasteiger partial charge in [-0.1, -0.05) is 30.3 Å². The number of nitrogens with one attached hydrogen (secondary N) is 1. The van der Waals surface area contributed by atoms with Crippen molar-refractivity contribution in [3.63, 3.8) is 0 Å². The molecule has 2 heterocycles. The van der Waals surface area contributed by atoms with Gasteiger partial charge in [0.2, 0.25) is 5.91 Å². The molecule has 1 amide bonds. The normalized spacial score (nSPS) is 23.3. The van der Waals surface area contributed by atoms with Crippen LogP contribution in [0.25, 0.3) is 0 Å². The highest BCUT2D eigenvalue weighted by Crippen LogP contribution is 2.40. The Labute approximate surface area is 129 Å². The number of benzene rings is 1. The Kier molecular flexibility index (Phi) is 3.22. The fraction of sp³-hybridized carbons (Fsp3) is 0.412. The minimum atomic E-state index is -0.0144. The van der Waals surface area contributed by atoms with Crippen LogP contribution in [0.2, 0.25) is 0 Å². The molecule has 2 aromatic rings. The lowest BCUT2D eigenvalue weighted by atomic mass is 10.2. The van der Waals surface area contributed by atoms with E-state index in [1.807, 2.05) is 31.3 Å². The molecule has 4 rings (SSSR count). The molecule has 1 aromatic heterocycles. The van der Waals surface area contributed by atoms with Crippen LogP contribution in [0.5, 0.6) is 0 Å². The molecule has 0 spiro atoms. The molecule has 2 atom stereocenters. The molecule has 2 unspecified atom stereocenters. The van der Waals surface area contributed by atoms with Crippen LogP contribution in [0.15, 0.2) is 36.4 Å². The first-order valence-corrected chi connectivity index (χ1v) is 7.83. The minimum Gasteiger partial charge on any atom is -0.309 e. The lowest BCUT2D eigenvalue weighted by Crippen LogP contribution is -2.22. The summed E-state index contributed by atoms with van der Waals surface area (Å²) in [4.78, 5) is 14.5. The number of hydrogen-bond donors (Lipinski definition) is 1.